The van der Waals surface area contributed by atoms with Gasteiger partial charge in [-0.05, 0) is 72.9 Å². The minimum absolute atomic E-state index is 0.209. The van der Waals surface area contributed by atoms with Crippen molar-refractivity contribution >= 4 is 23.9 Å². The Labute approximate surface area is 250 Å². The molecule has 3 amide bonds. The summed E-state index contributed by atoms with van der Waals surface area (Å²) in [5.74, 6) is -1.56. The molecule has 0 aliphatic carbocycles. The first-order valence-corrected chi connectivity index (χ1v) is 14.4. The van der Waals surface area contributed by atoms with Crippen LogP contribution in [0.4, 0.5) is 4.79 Å². The molecule has 0 aliphatic rings. The van der Waals surface area contributed by atoms with Gasteiger partial charge in [0.15, 0.2) is 0 Å². The Kier molecular flexibility index (Phi) is 12.1. The molecule has 0 bridgehead atoms. The first-order valence-electron chi connectivity index (χ1n) is 14.4. The highest BCUT2D eigenvalue weighted by atomic mass is 16.6. The van der Waals surface area contributed by atoms with Crippen LogP contribution in [0.15, 0.2) is 54.6 Å². The maximum absolute atomic E-state index is 14.1. The second-order valence-corrected chi connectivity index (χ2v) is 12.5. The molecule has 0 radical (unpaired) electrons. The van der Waals surface area contributed by atoms with Crippen molar-refractivity contribution in [2.75, 3.05) is 6.54 Å². The summed E-state index contributed by atoms with van der Waals surface area (Å²) >= 11 is 0. The summed E-state index contributed by atoms with van der Waals surface area (Å²) in [6.45, 7) is 16.1. The fraction of sp³-hybridized carbons (Fsp3) is 0.515. The Morgan fingerprint density at radius 2 is 1.40 bits per heavy atom. The Balaban J connectivity index is 2.47. The quantitative estimate of drug-likeness (QED) is 0.350. The molecule has 2 N–H and O–H groups in total. The minimum Gasteiger partial charge on any atom is -0.458 e. The SMILES string of the molecule is CCCN(C(=O)C(C)NC(=O)OC(C)(C)C)C(C(=O)NC(Cc1ccccc1)C(=O)OC(C)(C)C)c1ccc(C)cc1. The third-order valence-electron chi connectivity index (χ3n) is 6.09. The Morgan fingerprint density at radius 1 is 0.833 bits per heavy atom. The zero-order valence-corrected chi connectivity index (χ0v) is 26.4. The van der Waals surface area contributed by atoms with Crippen LogP contribution < -0.4 is 10.6 Å². The molecular formula is C33H47N3O6. The highest BCUT2D eigenvalue weighted by Crippen LogP contribution is 2.24. The number of carbonyl (C=O) groups excluding carboxylic acids is 4. The minimum atomic E-state index is -1.07. The van der Waals surface area contributed by atoms with Gasteiger partial charge in [0.1, 0.15) is 29.3 Å². The highest BCUT2D eigenvalue weighted by molar-refractivity contribution is 5.93. The van der Waals surface area contributed by atoms with Gasteiger partial charge in [0.2, 0.25) is 11.8 Å². The van der Waals surface area contributed by atoms with Gasteiger partial charge in [0.25, 0.3) is 0 Å². The third kappa shape index (κ3) is 11.2. The van der Waals surface area contributed by atoms with Crippen LogP contribution in [-0.2, 0) is 30.3 Å². The number of nitrogens with zero attached hydrogens (tertiary/aromatic N) is 1. The van der Waals surface area contributed by atoms with Crippen LogP contribution in [0, 0.1) is 6.92 Å². The number of aryl methyl sites for hydroxylation is 1. The van der Waals surface area contributed by atoms with Crippen LogP contribution in [0.3, 0.4) is 0 Å². The maximum atomic E-state index is 14.1. The normalized spacial score (nSPS) is 13.7. The highest BCUT2D eigenvalue weighted by Gasteiger charge is 2.37. The maximum Gasteiger partial charge on any atom is 0.408 e. The molecule has 2 aromatic rings. The molecule has 9 nitrogen and oxygen atoms in total. The van der Waals surface area contributed by atoms with E-state index in [0.717, 1.165) is 11.1 Å². The summed E-state index contributed by atoms with van der Waals surface area (Å²) in [6, 6.07) is 13.6. The average molecular weight is 582 g/mol. The number of hydrogen-bond acceptors (Lipinski definition) is 6. The molecule has 0 saturated heterocycles. The molecule has 230 valence electrons. The molecular weight excluding hydrogens is 534 g/mol. The van der Waals surface area contributed by atoms with Gasteiger partial charge in [-0.2, -0.15) is 0 Å². The molecule has 9 heteroatoms. The molecule has 0 aromatic heterocycles. The smallest absolute Gasteiger partial charge is 0.408 e. The first kappa shape index (κ1) is 34.3. The van der Waals surface area contributed by atoms with E-state index in [1.807, 2.05) is 56.3 Å². The fourth-order valence-corrected chi connectivity index (χ4v) is 4.29. The van der Waals surface area contributed by atoms with E-state index in [-0.39, 0.29) is 13.0 Å². The summed E-state index contributed by atoms with van der Waals surface area (Å²) < 4.78 is 11.0. The van der Waals surface area contributed by atoms with E-state index in [0.29, 0.717) is 12.0 Å². The van der Waals surface area contributed by atoms with Crippen molar-refractivity contribution in [3.8, 4) is 0 Å². The van der Waals surface area contributed by atoms with E-state index in [1.54, 1.807) is 60.6 Å². The molecule has 3 atom stereocenters. The van der Waals surface area contributed by atoms with E-state index < -0.39 is 53.2 Å². The predicted molar refractivity (Wildman–Crippen MR) is 163 cm³/mol. The third-order valence-corrected chi connectivity index (χ3v) is 6.09. The van der Waals surface area contributed by atoms with Crippen molar-refractivity contribution in [1.29, 1.82) is 0 Å². The topological polar surface area (TPSA) is 114 Å². The number of benzene rings is 2. The van der Waals surface area contributed by atoms with Crippen molar-refractivity contribution in [3.05, 3.63) is 71.3 Å². The lowest BCUT2D eigenvalue weighted by Gasteiger charge is -2.34. The van der Waals surface area contributed by atoms with Gasteiger partial charge in [-0.15, -0.1) is 0 Å². The molecule has 0 heterocycles. The van der Waals surface area contributed by atoms with Crippen LogP contribution in [-0.4, -0.2) is 58.6 Å². The summed E-state index contributed by atoms with van der Waals surface area (Å²) in [5, 5.41) is 5.47. The predicted octanol–water partition coefficient (Wildman–Crippen LogP) is 5.26. The van der Waals surface area contributed by atoms with Crippen LogP contribution in [0.2, 0.25) is 0 Å². The summed E-state index contributed by atoms with van der Waals surface area (Å²) in [7, 11) is 0. The van der Waals surface area contributed by atoms with Gasteiger partial charge < -0.3 is 25.0 Å². The van der Waals surface area contributed by atoms with Crippen LogP contribution in [0.5, 0.6) is 0 Å². The van der Waals surface area contributed by atoms with Gasteiger partial charge in [0.05, 0.1) is 0 Å². The Morgan fingerprint density at radius 3 is 1.93 bits per heavy atom. The van der Waals surface area contributed by atoms with Gasteiger partial charge in [-0.3, -0.25) is 9.59 Å². The molecule has 0 fully saturated rings. The molecule has 2 rings (SSSR count). The molecule has 0 aliphatic heterocycles. The van der Waals surface area contributed by atoms with E-state index in [1.165, 1.54) is 4.90 Å². The van der Waals surface area contributed by atoms with Crippen molar-refractivity contribution < 1.29 is 28.7 Å². The van der Waals surface area contributed by atoms with Gasteiger partial charge >= 0.3 is 12.1 Å². The monoisotopic (exact) mass is 581 g/mol. The molecule has 3 unspecified atom stereocenters. The van der Waals surface area contributed by atoms with Crippen LogP contribution in [0.25, 0.3) is 0 Å². The van der Waals surface area contributed by atoms with Crippen molar-refractivity contribution in [2.45, 2.75) is 104 Å². The van der Waals surface area contributed by atoms with E-state index >= 15 is 0 Å². The average Bonchev–Trinajstić information content (AvgIpc) is 2.87. The number of nitrogens with one attached hydrogen (secondary N) is 2. The number of hydrogen-bond donors (Lipinski definition) is 2. The molecule has 0 saturated carbocycles. The van der Waals surface area contributed by atoms with Crippen LogP contribution in [0.1, 0.15) is 84.5 Å². The zero-order chi connectivity index (χ0) is 31.7. The second-order valence-electron chi connectivity index (χ2n) is 12.5. The molecule has 0 spiro atoms. The lowest BCUT2D eigenvalue weighted by molar-refractivity contribution is -0.159. The zero-order valence-electron chi connectivity index (χ0n) is 26.4. The van der Waals surface area contributed by atoms with Crippen molar-refractivity contribution in [2.24, 2.45) is 0 Å². The summed E-state index contributed by atoms with van der Waals surface area (Å²) in [4.78, 5) is 55.1. The van der Waals surface area contributed by atoms with E-state index in [9.17, 15) is 19.2 Å². The number of ether oxygens (including phenoxy) is 2. The second kappa shape index (κ2) is 14.8. The van der Waals surface area contributed by atoms with Gasteiger partial charge in [0, 0.05) is 13.0 Å². The lowest BCUT2D eigenvalue weighted by Crippen LogP contribution is -2.54. The molecule has 2 aromatic carbocycles. The summed E-state index contributed by atoms with van der Waals surface area (Å²) in [5.41, 5.74) is 0.904. The number of amides is 3. The first-order chi connectivity index (χ1) is 19.5. The van der Waals surface area contributed by atoms with Crippen molar-refractivity contribution in [3.63, 3.8) is 0 Å². The summed E-state index contributed by atoms with van der Waals surface area (Å²) in [6.07, 6.45) is 0.0320. The Hall–Kier alpha value is -3.88. The van der Waals surface area contributed by atoms with E-state index in [4.69, 9.17) is 9.47 Å². The van der Waals surface area contributed by atoms with Gasteiger partial charge in [-0.1, -0.05) is 67.1 Å². The van der Waals surface area contributed by atoms with Crippen LogP contribution >= 0.6 is 0 Å². The standard InChI is InChI=1S/C33H47N3O6/c1-10-20-36(29(38)23(3)34-31(40)42-33(7,8)9)27(25-18-16-22(2)17-19-25)28(37)35-26(30(39)41-32(4,5)6)21-24-14-12-11-13-15-24/h11-19,23,26-27H,10,20-21H2,1-9H3,(H,34,40)(H,35,37). The lowest BCUT2D eigenvalue weighted by atomic mass is 10.00. The van der Waals surface area contributed by atoms with E-state index in [2.05, 4.69) is 10.6 Å². The Bertz CT molecular complexity index is 1200. The number of esters is 1. The number of alkyl carbamates (subject to hydrolysis) is 1. The van der Waals surface area contributed by atoms with Crippen molar-refractivity contribution in [1.82, 2.24) is 15.5 Å². The molecule has 42 heavy (non-hydrogen) atoms. The number of carbonyl (C=O) groups is 4. The van der Waals surface area contributed by atoms with Gasteiger partial charge in [-0.25, -0.2) is 9.59 Å². The fourth-order valence-electron chi connectivity index (χ4n) is 4.29. The number of rotatable bonds is 11. The largest absolute Gasteiger partial charge is 0.458 e.